The van der Waals surface area contributed by atoms with Crippen molar-refractivity contribution in [3.8, 4) is 22.6 Å². The second kappa shape index (κ2) is 10.7. The number of nitrogens with zero attached hydrogens (tertiary/aromatic N) is 5. The van der Waals surface area contributed by atoms with Crippen LogP contribution in [0.4, 0.5) is 0 Å². The summed E-state index contributed by atoms with van der Waals surface area (Å²) in [6.07, 6.45) is 8.24. The first-order valence-electron chi connectivity index (χ1n) is 14.1. The predicted molar refractivity (Wildman–Crippen MR) is 167 cm³/mol. The fourth-order valence-corrected chi connectivity index (χ4v) is 6.59. The first-order chi connectivity index (χ1) is 21.0. The van der Waals surface area contributed by atoms with Crippen molar-refractivity contribution in [3.05, 3.63) is 125 Å². The topological polar surface area (TPSA) is 86.9 Å². The smallest absolute Gasteiger partial charge is 0.253 e. The van der Waals surface area contributed by atoms with Crippen molar-refractivity contribution in [2.75, 3.05) is 7.11 Å². The highest BCUT2D eigenvalue weighted by Gasteiger charge is 2.40. The standard InChI is InChI=1S/C34H29ClN6O2/c1-22-8-11-29-26(16-22)32(27-18-36-15-13-31(27)43-2)30-12-14-34(19-41(29)30,23-6-4-3-5-7-23)39-33(42)25-10-9-24(17-28(25)35)40-20-37-38-21-40/h3-11,13,15-18,20-21H,12,14,19H2,1-2H3,(H,39,42)/t34-/m1/s1. The molecule has 0 saturated carbocycles. The van der Waals surface area contributed by atoms with Gasteiger partial charge in [0.25, 0.3) is 5.91 Å². The van der Waals surface area contributed by atoms with Crippen LogP contribution in [0.15, 0.2) is 97.8 Å². The van der Waals surface area contributed by atoms with Crippen molar-refractivity contribution >= 4 is 28.4 Å². The molecule has 0 unspecified atom stereocenters. The predicted octanol–water partition coefficient (Wildman–Crippen LogP) is 6.53. The average Bonchev–Trinajstić information content (AvgIpc) is 3.68. The van der Waals surface area contributed by atoms with Gasteiger partial charge in [-0.2, -0.15) is 0 Å². The molecule has 1 N–H and O–H groups in total. The number of hydrogen-bond donors (Lipinski definition) is 1. The number of fused-ring (bicyclic) bond motifs is 3. The van der Waals surface area contributed by atoms with Crippen molar-refractivity contribution in [1.29, 1.82) is 0 Å². The third-order valence-electron chi connectivity index (χ3n) is 8.41. The number of aryl methyl sites for hydroxylation is 1. The van der Waals surface area contributed by atoms with Gasteiger partial charge in [-0.3, -0.25) is 14.3 Å². The normalized spacial score (nSPS) is 16.2. The molecule has 0 aliphatic carbocycles. The number of aromatic nitrogens is 5. The van der Waals surface area contributed by atoms with Gasteiger partial charge in [0, 0.05) is 45.8 Å². The van der Waals surface area contributed by atoms with Gasteiger partial charge in [-0.25, -0.2) is 0 Å². The van der Waals surface area contributed by atoms with E-state index in [1.807, 2.05) is 36.5 Å². The lowest BCUT2D eigenvalue weighted by atomic mass is 9.81. The van der Waals surface area contributed by atoms with Gasteiger partial charge in [0.2, 0.25) is 0 Å². The number of nitrogens with one attached hydrogen (secondary N) is 1. The first kappa shape index (κ1) is 26.9. The lowest BCUT2D eigenvalue weighted by Gasteiger charge is -2.40. The van der Waals surface area contributed by atoms with Crippen LogP contribution in [-0.4, -0.2) is 37.3 Å². The first-order valence-corrected chi connectivity index (χ1v) is 14.5. The summed E-state index contributed by atoms with van der Waals surface area (Å²) in [5.41, 5.74) is 7.13. The maximum atomic E-state index is 14.0. The Kier molecular flexibility index (Phi) is 6.70. The molecule has 0 spiro atoms. The van der Waals surface area contributed by atoms with Crippen LogP contribution in [0.1, 0.15) is 33.6 Å². The summed E-state index contributed by atoms with van der Waals surface area (Å²) in [7, 11) is 1.69. The Morgan fingerprint density at radius 3 is 2.60 bits per heavy atom. The maximum Gasteiger partial charge on any atom is 0.253 e. The number of rotatable bonds is 6. The molecule has 0 radical (unpaired) electrons. The van der Waals surface area contributed by atoms with E-state index in [-0.39, 0.29) is 5.91 Å². The third-order valence-corrected chi connectivity index (χ3v) is 8.72. The molecule has 0 bridgehead atoms. The van der Waals surface area contributed by atoms with E-state index in [4.69, 9.17) is 16.3 Å². The number of pyridine rings is 1. The van der Waals surface area contributed by atoms with Crippen LogP contribution in [0, 0.1) is 6.92 Å². The molecule has 9 heteroatoms. The Bertz CT molecular complexity index is 1970. The number of benzene rings is 3. The van der Waals surface area contributed by atoms with Crippen LogP contribution >= 0.6 is 11.6 Å². The van der Waals surface area contributed by atoms with Crippen LogP contribution in [0.3, 0.4) is 0 Å². The number of carbonyl (C=O) groups is 1. The van der Waals surface area contributed by atoms with E-state index in [0.29, 0.717) is 23.6 Å². The van der Waals surface area contributed by atoms with Crippen molar-refractivity contribution in [2.45, 2.75) is 31.8 Å². The second-order valence-electron chi connectivity index (χ2n) is 10.9. The van der Waals surface area contributed by atoms with E-state index in [0.717, 1.165) is 45.5 Å². The average molecular weight is 589 g/mol. The summed E-state index contributed by atoms with van der Waals surface area (Å²) in [5, 5.41) is 12.7. The molecule has 8 nitrogen and oxygen atoms in total. The van der Waals surface area contributed by atoms with E-state index in [1.54, 1.807) is 42.7 Å². The summed E-state index contributed by atoms with van der Waals surface area (Å²) in [4.78, 5) is 18.4. The summed E-state index contributed by atoms with van der Waals surface area (Å²) in [6, 6.07) is 24.0. The van der Waals surface area contributed by atoms with Crippen LogP contribution < -0.4 is 10.1 Å². The molecule has 214 valence electrons. The van der Waals surface area contributed by atoms with Crippen LogP contribution in [0.25, 0.3) is 27.7 Å². The molecule has 6 aromatic rings. The highest BCUT2D eigenvalue weighted by Crippen LogP contribution is 2.45. The van der Waals surface area contributed by atoms with Gasteiger partial charge in [0.05, 0.1) is 29.8 Å². The van der Waals surface area contributed by atoms with Crippen molar-refractivity contribution in [3.63, 3.8) is 0 Å². The third kappa shape index (κ3) is 4.64. The molecule has 1 aliphatic rings. The zero-order chi connectivity index (χ0) is 29.6. The molecule has 0 fully saturated rings. The maximum absolute atomic E-state index is 14.0. The van der Waals surface area contributed by atoms with E-state index in [2.05, 4.69) is 62.3 Å². The number of carbonyl (C=O) groups excluding carboxylic acids is 1. The van der Waals surface area contributed by atoms with E-state index < -0.39 is 5.54 Å². The lowest BCUT2D eigenvalue weighted by molar-refractivity contribution is 0.0868. The molecule has 1 atom stereocenters. The van der Waals surface area contributed by atoms with E-state index in [9.17, 15) is 4.79 Å². The molecular formula is C34H29ClN6O2. The largest absolute Gasteiger partial charge is 0.496 e. The molecule has 0 saturated heterocycles. The molecule has 43 heavy (non-hydrogen) atoms. The number of ether oxygens (including phenoxy) is 1. The number of amides is 1. The zero-order valence-electron chi connectivity index (χ0n) is 23.8. The van der Waals surface area contributed by atoms with Gasteiger partial charge in [0.15, 0.2) is 0 Å². The molecule has 1 amide bonds. The van der Waals surface area contributed by atoms with Crippen LogP contribution in [0.5, 0.6) is 5.75 Å². The summed E-state index contributed by atoms with van der Waals surface area (Å²) >= 11 is 6.69. The molecule has 1 aliphatic heterocycles. The van der Waals surface area contributed by atoms with Gasteiger partial charge >= 0.3 is 0 Å². The Labute approximate surface area is 253 Å². The van der Waals surface area contributed by atoms with Crippen molar-refractivity contribution < 1.29 is 9.53 Å². The Morgan fingerprint density at radius 2 is 1.84 bits per heavy atom. The molecular weight excluding hydrogens is 560 g/mol. The molecule has 3 aromatic heterocycles. The van der Waals surface area contributed by atoms with Crippen LogP contribution in [0.2, 0.25) is 5.02 Å². The monoisotopic (exact) mass is 588 g/mol. The number of hydrogen-bond acceptors (Lipinski definition) is 5. The number of methoxy groups -OCH3 is 1. The molecule has 7 rings (SSSR count). The Balaban J connectivity index is 1.34. The van der Waals surface area contributed by atoms with Gasteiger partial charge in [-0.05, 0) is 61.7 Å². The highest BCUT2D eigenvalue weighted by atomic mass is 35.5. The SMILES string of the molecule is COc1ccncc1-c1c2n(c3ccc(C)cc13)C[C@@](NC(=O)c1ccc(-n3cnnc3)cc1Cl)(c1ccccc1)CC2. The molecule has 3 aromatic carbocycles. The minimum Gasteiger partial charge on any atom is -0.496 e. The van der Waals surface area contributed by atoms with Gasteiger partial charge < -0.3 is 14.6 Å². The summed E-state index contributed by atoms with van der Waals surface area (Å²) in [5.74, 6) is 0.554. The van der Waals surface area contributed by atoms with E-state index in [1.165, 1.54) is 11.3 Å². The van der Waals surface area contributed by atoms with Crippen LogP contribution in [-0.2, 0) is 18.5 Å². The van der Waals surface area contributed by atoms with Crippen molar-refractivity contribution in [1.82, 2.24) is 29.6 Å². The Hall–Kier alpha value is -4.95. The lowest BCUT2D eigenvalue weighted by Crippen LogP contribution is -2.51. The summed E-state index contributed by atoms with van der Waals surface area (Å²) < 4.78 is 9.86. The fourth-order valence-electron chi connectivity index (χ4n) is 6.33. The molecule has 4 heterocycles. The minimum absolute atomic E-state index is 0.228. The highest BCUT2D eigenvalue weighted by molar-refractivity contribution is 6.34. The summed E-state index contributed by atoms with van der Waals surface area (Å²) in [6.45, 7) is 2.66. The van der Waals surface area contributed by atoms with Gasteiger partial charge in [0.1, 0.15) is 18.4 Å². The second-order valence-corrected chi connectivity index (χ2v) is 11.3. The van der Waals surface area contributed by atoms with E-state index >= 15 is 0 Å². The minimum atomic E-state index is -0.672. The van der Waals surface area contributed by atoms with Gasteiger partial charge in [-0.15, -0.1) is 10.2 Å². The van der Waals surface area contributed by atoms with Crippen molar-refractivity contribution in [2.24, 2.45) is 0 Å². The quantitative estimate of drug-likeness (QED) is 0.239. The Morgan fingerprint density at radius 1 is 1.02 bits per heavy atom. The fraction of sp³-hybridized carbons (Fsp3) is 0.176. The zero-order valence-corrected chi connectivity index (χ0v) is 24.5. The number of halogens is 1. The van der Waals surface area contributed by atoms with Gasteiger partial charge in [-0.1, -0.05) is 53.6 Å².